The molecule has 5 nitrogen and oxygen atoms in total. The van der Waals surface area contributed by atoms with Gasteiger partial charge < -0.3 is 15.4 Å². The van der Waals surface area contributed by atoms with E-state index in [4.69, 9.17) is 4.74 Å². The van der Waals surface area contributed by atoms with E-state index in [1.165, 1.54) is 5.56 Å². The maximum Gasteiger partial charge on any atom is 0.434 e. The minimum absolute atomic E-state index is 0.0932. The normalized spacial score (nSPS) is 12.1. The van der Waals surface area contributed by atoms with Crippen molar-refractivity contribution in [1.82, 2.24) is 15.6 Å². The Hall–Kier alpha value is -2.29. The third-order valence-electron chi connectivity index (χ3n) is 3.46. The van der Waals surface area contributed by atoms with Crippen molar-refractivity contribution in [3.05, 3.63) is 45.9 Å². The Balaban J connectivity index is 1.76. The van der Waals surface area contributed by atoms with E-state index in [-0.39, 0.29) is 6.54 Å². The van der Waals surface area contributed by atoms with Gasteiger partial charge in [-0.3, -0.25) is 0 Å². The maximum atomic E-state index is 12.6. The van der Waals surface area contributed by atoms with Crippen LogP contribution in [-0.4, -0.2) is 30.6 Å². The number of hydrogen-bond donors (Lipinski definition) is 2. The Kier molecular flexibility index (Phi) is 7.90. The van der Waals surface area contributed by atoms with Gasteiger partial charge in [0.1, 0.15) is 10.8 Å². The lowest BCUT2D eigenvalue weighted by molar-refractivity contribution is -0.140. The van der Waals surface area contributed by atoms with E-state index in [1.54, 1.807) is 0 Å². The quantitative estimate of drug-likeness (QED) is 0.400. The number of ether oxygens (including phenoxy) is 1. The van der Waals surface area contributed by atoms with Crippen LogP contribution < -0.4 is 15.4 Å². The van der Waals surface area contributed by atoms with Crippen molar-refractivity contribution >= 4 is 17.3 Å². The predicted octanol–water partition coefficient (Wildman–Crippen LogP) is 3.99. The maximum absolute atomic E-state index is 12.6. The lowest BCUT2D eigenvalue weighted by Gasteiger charge is -2.11. The first-order chi connectivity index (χ1) is 12.9. The SMILES string of the molecule is CCNC(=NCc1nc(C(F)(F)F)cs1)NCCCOc1ccc(C)cc1. The van der Waals surface area contributed by atoms with Crippen molar-refractivity contribution < 1.29 is 17.9 Å². The minimum atomic E-state index is -4.42. The molecule has 2 aromatic rings. The van der Waals surface area contributed by atoms with Gasteiger partial charge in [-0.1, -0.05) is 17.7 Å². The molecule has 0 bridgehead atoms. The van der Waals surface area contributed by atoms with Gasteiger partial charge in [-0.05, 0) is 32.4 Å². The molecule has 1 aromatic heterocycles. The molecule has 0 saturated heterocycles. The van der Waals surface area contributed by atoms with Crippen LogP contribution in [0.15, 0.2) is 34.6 Å². The molecule has 0 unspecified atom stereocenters. The summed E-state index contributed by atoms with van der Waals surface area (Å²) in [6.45, 7) is 5.86. The molecule has 0 aliphatic heterocycles. The molecule has 27 heavy (non-hydrogen) atoms. The van der Waals surface area contributed by atoms with Gasteiger partial charge in [-0.25, -0.2) is 9.98 Å². The zero-order chi connectivity index (χ0) is 19.7. The van der Waals surface area contributed by atoms with Gasteiger partial charge in [0.2, 0.25) is 0 Å². The van der Waals surface area contributed by atoms with Crippen LogP contribution in [0, 0.1) is 6.92 Å². The summed E-state index contributed by atoms with van der Waals surface area (Å²) < 4.78 is 43.4. The standard InChI is InChI=1S/C18H23F3N4OS/c1-3-22-17(24-11-16-25-15(12-27-16)18(19,20)21)23-9-4-10-26-14-7-5-13(2)6-8-14/h5-8,12H,3-4,9-11H2,1-2H3,(H2,22,23,24). The largest absolute Gasteiger partial charge is 0.494 e. The van der Waals surface area contributed by atoms with Crippen molar-refractivity contribution in [2.75, 3.05) is 19.7 Å². The summed E-state index contributed by atoms with van der Waals surface area (Å²) in [5.41, 5.74) is 0.307. The number of halogens is 3. The number of aliphatic imine (C=N–C) groups is 1. The van der Waals surface area contributed by atoms with Crippen molar-refractivity contribution in [3.8, 4) is 5.75 Å². The average Bonchev–Trinajstić information content (AvgIpc) is 3.10. The molecular formula is C18H23F3N4OS. The molecule has 0 radical (unpaired) electrons. The Morgan fingerprint density at radius 3 is 2.59 bits per heavy atom. The smallest absolute Gasteiger partial charge is 0.434 e. The van der Waals surface area contributed by atoms with E-state index < -0.39 is 11.9 Å². The van der Waals surface area contributed by atoms with E-state index in [9.17, 15) is 13.2 Å². The van der Waals surface area contributed by atoms with Crippen LogP contribution in [-0.2, 0) is 12.7 Å². The molecule has 0 spiro atoms. The molecule has 148 valence electrons. The molecule has 2 N–H and O–H groups in total. The number of hydrogen-bond acceptors (Lipinski definition) is 4. The molecule has 2 rings (SSSR count). The van der Waals surface area contributed by atoms with E-state index in [0.29, 0.717) is 30.7 Å². The number of rotatable bonds is 8. The highest BCUT2D eigenvalue weighted by Crippen LogP contribution is 2.30. The Bertz CT molecular complexity index is 729. The minimum Gasteiger partial charge on any atom is -0.494 e. The fourth-order valence-electron chi connectivity index (χ4n) is 2.11. The van der Waals surface area contributed by atoms with Crippen molar-refractivity contribution in [2.24, 2.45) is 4.99 Å². The van der Waals surface area contributed by atoms with E-state index >= 15 is 0 Å². The monoisotopic (exact) mass is 400 g/mol. The van der Waals surface area contributed by atoms with Crippen LogP contribution in [0.2, 0.25) is 0 Å². The second-order valence-corrected chi connectivity index (χ2v) is 6.70. The van der Waals surface area contributed by atoms with E-state index in [0.717, 1.165) is 28.9 Å². The van der Waals surface area contributed by atoms with Gasteiger partial charge in [-0.15, -0.1) is 11.3 Å². The number of alkyl halides is 3. The van der Waals surface area contributed by atoms with E-state index in [1.807, 2.05) is 38.1 Å². The molecule has 0 saturated carbocycles. The third kappa shape index (κ3) is 7.46. The lowest BCUT2D eigenvalue weighted by atomic mass is 10.2. The zero-order valence-electron chi connectivity index (χ0n) is 15.3. The number of aryl methyl sites for hydroxylation is 1. The fraction of sp³-hybridized carbons (Fsp3) is 0.444. The highest BCUT2D eigenvalue weighted by molar-refractivity contribution is 7.09. The number of nitrogens with one attached hydrogen (secondary N) is 2. The molecule has 1 aromatic carbocycles. The third-order valence-corrected chi connectivity index (χ3v) is 4.30. The van der Waals surface area contributed by atoms with Crippen molar-refractivity contribution in [2.45, 2.75) is 33.0 Å². The van der Waals surface area contributed by atoms with Crippen LogP contribution in [0.25, 0.3) is 0 Å². The van der Waals surface area contributed by atoms with Crippen LogP contribution in [0.4, 0.5) is 13.2 Å². The van der Waals surface area contributed by atoms with Crippen LogP contribution in [0.1, 0.15) is 29.6 Å². The molecule has 0 fully saturated rings. The zero-order valence-corrected chi connectivity index (χ0v) is 16.1. The Labute approximate surface area is 160 Å². The first-order valence-electron chi connectivity index (χ1n) is 8.61. The molecule has 0 atom stereocenters. The van der Waals surface area contributed by atoms with Gasteiger partial charge in [0.15, 0.2) is 11.7 Å². The molecule has 9 heteroatoms. The number of thiazole rings is 1. The number of guanidine groups is 1. The van der Waals surface area contributed by atoms with Crippen LogP contribution in [0.5, 0.6) is 5.75 Å². The van der Waals surface area contributed by atoms with Gasteiger partial charge in [0.05, 0.1) is 13.2 Å². The molecule has 0 aliphatic rings. The summed E-state index contributed by atoms with van der Waals surface area (Å²) in [4.78, 5) is 7.85. The van der Waals surface area contributed by atoms with Gasteiger partial charge in [-0.2, -0.15) is 13.2 Å². The summed E-state index contributed by atoms with van der Waals surface area (Å²) in [6, 6.07) is 7.84. The highest BCUT2D eigenvalue weighted by atomic mass is 32.1. The van der Waals surface area contributed by atoms with Crippen LogP contribution in [0.3, 0.4) is 0 Å². The summed E-state index contributed by atoms with van der Waals surface area (Å²) in [5.74, 6) is 1.36. The summed E-state index contributed by atoms with van der Waals surface area (Å²) in [5, 5.41) is 7.52. The van der Waals surface area contributed by atoms with Gasteiger partial charge in [0.25, 0.3) is 0 Å². The first-order valence-corrected chi connectivity index (χ1v) is 9.49. The number of benzene rings is 1. The lowest BCUT2D eigenvalue weighted by Crippen LogP contribution is -2.38. The van der Waals surface area contributed by atoms with Crippen molar-refractivity contribution in [1.29, 1.82) is 0 Å². The average molecular weight is 400 g/mol. The fourth-order valence-corrected chi connectivity index (χ4v) is 2.83. The van der Waals surface area contributed by atoms with E-state index in [2.05, 4.69) is 20.6 Å². The predicted molar refractivity (Wildman–Crippen MR) is 101 cm³/mol. The highest BCUT2D eigenvalue weighted by Gasteiger charge is 2.33. The Morgan fingerprint density at radius 2 is 1.96 bits per heavy atom. The molecular weight excluding hydrogens is 377 g/mol. The summed E-state index contributed by atoms with van der Waals surface area (Å²) >= 11 is 0.953. The first kappa shape index (κ1) is 21.0. The molecule has 0 amide bonds. The molecule has 1 heterocycles. The summed E-state index contributed by atoms with van der Waals surface area (Å²) in [6.07, 6.45) is -3.66. The van der Waals surface area contributed by atoms with Crippen LogP contribution >= 0.6 is 11.3 Å². The molecule has 0 aliphatic carbocycles. The van der Waals surface area contributed by atoms with Gasteiger partial charge >= 0.3 is 6.18 Å². The second kappa shape index (κ2) is 10.1. The topological polar surface area (TPSA) is 58.5 Å². The number of nitrogens with zero attached hydrogens (tertiary/aromatic N) is 2. The Morgan fingerprint density at radius 1 is 1.22 bits per heavy atom. The van der Waals surface area contributed by atoms with Crippen molar-refractivity contribution in [3.63, 3.8) is 0 Å². The summed E-state index contributed by atoms with van der Waals surface area (Å²) in [7, 11) is 0. The van der Waals surface area contributed by atoms with Gasteiger partial charge in [0, 0.05) is 18.5 Å². The number of aromatic nitrogens is 1. The second-order valence-electron chi connectivity index (χ2n) is 5.76.